The normalized spacial score (nSPS) is 16.9. The number of para-hydroxylation sites is 2. The number of benzene rings is 2. The number of ether oxygens (including phenoxy) is 1. The van der Waals surface area contributed by atoms with Gasteiger partial charge in [-0.3, -0.25) is 9.59 Å². The third-order valence-electron chi connectivity index (χ3n) is 8.35. The number of nitrogens with zero attached hydrogens (tertiary/aromatic N) is 6. The monoisotopic (exact) mass is 592 g/mol. The first kappa shape index (κ1) is 27.9. The first-order chi connectivity index (χ1) is 20.0. The molecule has 2 aliphatic rings. The maximum Gasteiger partial charge on any atom is 0.248 e. The van der Waals surface area contributed by atoms with Gasteiger partial charge in [-0.1, -0.05) is 46.9 Å². The van der Waals surface area contributed by atoms with Gasteiger partial charge >= 0.3 is 0 Å². The fourth-order valence-electron chi connectivity index (χ4n) is 5.75. The lowest BCUT2D eigenvalue weighted by molar-refractivity contribution is -0.143. The molecule has 4 aromatic rings. The number of carbonyl (C=O) groups is 2. The number of amides is 2. The number of fused-ring (bicyclic) bond motifs is 2. The molecule has 0 aliphatic carbocycles. The van der Waals surface area contributed by atoms with Crippen LogP contribution < -0.4 is 9.80 Å². The van der Waals surface area contributed by atoms with Crippen LogP contribution in [0.5, 0.6) is 0 Å². The van der Waals surface area contributed by atoms with Crippen LogP contribution in [0.4, 0.5) is 10.3 Å². The Kier molecular flexibility index (Phi) is 8.36. The molecule has 0 spiro atoms. The summed E-state index contributed by atoms with van der Waals surface area (Å²) in [5.41, 5.74) is 2.06. The second-order valence-corrected chi connectivity index (χ2v) is 12.9. The Bertz CT molecular complexity index is 1330. The van der Waals surface area contributed by atoms with Crippen LogP contribution in [0, 0.1) is 0 Å². The molecule has 0 N–H and O–H groups in total. The number of thiazole rings is 2. The average molecular weight is 593 g/mol. The third-order valence-corrected chi connectivity index (χ3v) is 10.6. The number of carbonyl (C=O) groups excluding carboxylic acids is 2. The summed E-state index contributed by atoms with van der Waals surface area (Å²) >= 11 is 3.41. The predicted octanol–water partition coefficient (Wildman–Crippen LogP) is 4.48. The van der Waals surface area contributed by atoms with Gasteiger partial charge in [0.15, 0.2) is 10.3 Å². The van der Waals surface area contributed by atoms with Crippen molar-refractivity contribution in [2.24, 2.45) is 0 Å². The van der Waals surface area contributed by atoms with Crippen LogP contribution in [-0.4, -0.2) is 97.2 Å². The number of hydrogen-bond donors (Lipinski definition) is 0. The molecule has 4 heterocycles. The molecule has 11 heteroatoms. The number of hydrogen-bond acceptors (Lipinski definition) is 9. The Morgan fingerprint density at radius 2 is 1.12 bits per heavy atom. The number of anilines is 2. The van der Waals surface area contributed by atoms with Gasteiger partial charge in [0.2, 0.25) is 11.8 Å². The first-order valence-corrected chi connectivity index (χ1v) is 15.9. The molecule has 6 rings (SSSR count). The molecule has 0 radical (unpaired) electrons. The summed E-state index contributed by atoms with van der Waals surface area (Å²) in [7, 11) is 4.19. The van der Waals surface area contributed by atoms with Crippen LogP contribution in [0.1, 0.15) is 25.7 Å². The van der Waals surface area contributed by atoms with Gasteiger partial charge in [0.05, 0.1) is 20.4 Å². The van der Waals surface area contributed by atoms with E-state index in [-0.39, 0.29) is 25.0 Å². The van der Waals surface area contributed by atoms with Crippen molar-refractivity contribution in [3.63, 3.8) is 0 Å². The first-order valence-electron chi connectivity index (χ1n) is 14.3. The quantitative estimate of drug-likeness (QED) is 0.299. The summed E-state index contributed by atoms with van der Waals surface area (Å²) in [6.07, 6.45) is 3.55. The van der Waals surface area contributed by atoms with Crippen LogP contribution in [0.3, 0.4) is 0 Å². The van der Waals surface area contributed by atoms with E-state index in [2.05, 4.69) is 36.0 Å². The van der Waals surface area contributed by atoms with Gasteiger partial charge in [0, 0.05) is 52.4 Å². The molecule has 0 saturated carbocycles. The lowest BCUT2D eigenvalue weighted by atomic mass is 10.0. The Hall–Kier alpha value is -3.28. The van der Waals surface area contributed by atoms with Crippen molar-refractivity contribution >= 4 is 65.2 Å². The van der Waals surface area contributed by atoms with Crippen molar-refractivity contribution < 1.29 is 14.3 Å². The zero-order valence-corrected chi connectivity index (χ0v) is 25.2. The van der Waals surface area contributed by atoms with E-state index >= 15 is 0 Å². The van der Waals surface area contributed by atoms with E-state index in [0.717, 1.165) is 47.0 Å². The maximum absolute atomic E-state index is 12.8. The number of piperidine rings is 2. The molecule has 2 fully saturated rings. The van der Waals surface area contributed by atoms with Gasteiger partial charge in [-0.2, -0.15) is 0 Å². The van der Waals surface area contributed by atoms with Crippen molar-refractivity contribution in [2.45, 2.75) is 37.8 Å². The van der Waals surface area contributed by atoms with Crippen LogP contribution >= 0.6 is 22.7 Å². The Labute approximate surface area is 248 Å². The molecular formula is C30H36N6O3S2. The summed E-state index contributed by atoms with van der Waals surface area (Å²) < 4.78 is 7.98. The van der Waals surface area contributed by atoms with Gasteiger partial charge in [-0.15, -0.1) is 0 Å². The van der Waals surface area contributed by atoms with Crippen LogP contribution in [0.15, 0.2) is 48.5 Å². The highest BCUT2D eigenvalue weighted by molar-refractivity contribution is 7.22. The summed E-state index contributed by atoms with van der Waals surface area (Å²) in [5, 5.41) is 2.04. The molecule has 2 saturated heterocycles. The summed E-state index contributed by atoms with van der Waals surface area (Å²) in [6.45, 7) is 2.64. The Balaban J connectivity index is 0.904. The minimum atomic E-state index is -0.0546. The third kappa shape index (κ3) is 6.17. The average Bonchev–Trinajstić information content (AvgIpc) is 3.65. The van der Waals surface area contributed by atoms with Gasteiger partial charge in [-0.25, -0.2) is 9.97 Å². The van der Waals surface area contributed by atoms with Crippen molar-refractivity contribution in [3.8, 4) is 0 Å². The van der Waals surface area contributed by atoms with Crippen molar-refractivity contribution in [2.75, 3.05) is 63.3 Å². The van der Waals surface area contributed by atoms with Crippen LogP contribution in [0.25, 0.3) is 20.4 Å². The molecule has 0 atom stereocenters. The molecule has 216 valence electrons. The fourth-order valence-corrected chi connectivity index (χ4v) is 7.74. The summed E-state index contributed by atoms with van der Waals surface area (Å²) in [5.74, 6) is -0.0925. The lowest BCUT2D eigenvalue weighted by Gasteiger charge is -2.37. The van der Waals surface area contributed by atoms with E-state index in [9.17, 15) is 9.59 Å². The molecule has 2 aliphatic heterocycles. The second-order valence-electron chi connectivity index (χ2n) is 10.9. The standard InChI is InChI=1S/C30H36N6O3S2/c1-33(29-31-23-7-3-5-9-25(23)40-29)21-11-15-35(16-12-21)27(37)19-39-20-28(38)36-17-13-22(14-18-36)34(2)30-32-24-8-4-6-10-26(24)41-30/h3-10,21-22H,11-20H2,1-2H3. The highest BCUT2D eigenvalue weighted by atomic mass is 32.1. The van der Waals surface area contributed by atoms with E-state index in [1.54, 1.807) is 22.7 Å². The van der Waals surface area contributed by atoms with E-state index in [1.165, 1.54) is 9.40 Å². The van der Waals surface area contributed by atoms with Crippen LogP contribution in [-0.2, 0) is 14.3 Å². The highest BCUT2D eigenvalue weighted by Gasteiger charge is 2.29. The minimum Gasteiger partial charge on any atom is -0.362 e. The molecule has 2 aromatic heterocycles. The number of aromatic nitrogens is 2. The zero-order chi connectivity index (χ0) is 28.3. The second kappa shape index (κ2) is 12.3. The van der Waals surface area contributed by atoms with E-state index < -0.39 is 0 Å². The smallest absolute Gasteiger partial charge is 0.248 e. The Morgan fingerprint density at radius 3 is 1.51 bits per heavy atom. The Morgan fingerprint density at radius 1 is 0.732 bits per heavy atom. The minimum absolute atomic E-state index is 0.0462. The molecule has 2 amide bonds. The largest absolute Gasteiger partial charge is 0.362 e. The van der Waals surface area contributed by atoms with Crippen molar-refractivity contribution in [3.05, 3.63) is 48.5 Å². The van der Waals surface area contributed by atoms with Gasteiger partial charge in [0.25, 0.3) is 0 Å². The zero-order valence-electron chi connectivity index (χ0n) is 23.6. The molecule has 9 nitrogen and oxygen atoms in total. The van der Waals surface area contributed by atoms with Crippen LogP contribution in [0.2, 0.25) is 0 Å². The molecule has 2 aromatic carbocycles. The van der Waals surface area contributed by atoms with Gasteiger partial charge in [0.1, 0.15) is 13.2 Å². The molecular weight excluding hydrogens is 557 g/mol. The van der Waals surface area contributed by atoms with E-state index in [4.69, 9.17) is 14.7 Å². The molecule has 0 unspecified atom stereocenters. The predicted molar refractivity (Wildman–Crippen MR) is 166 cm³/mol. The topological polar surface area (TPSA) is 82.1 Å². The van der Waals surface area contributed by atoms with E-state index in [1.807, 2.05) is 46.2 Å². The number of likely N-dealkylation sites (tertiary alicyclic amines) is 2. The molecule has 41 heavy (non-hydrogen) atoms. The summed E-state index contributed by atoms with van der Waals surface area (Å²) in [4.78, 5) is 43.3. The van der Waals surface area contributed by atoms with Gasteiger partial charge < -0.3 is 24.3 Å². The molecule has 0 bridgehead atoms. The van der Waals surface area contributed by atoms with Crippen molar-refractivity contribution in [1.29, 1.82) is 0 Å². The van der Waals surface area contributed by atoms with Crippen molar-refractivity contribution in [1.82, 2.24) is 19.8 Å². The summed E-state index contributed by atoms with van der Waals surface area (Å²) in [6, 6.07) is 17.1. The van der Waals surface area contributed by atoms with Gasteiger partial charge in [-0.05, 0) is 49.9 Å². The SMILES string of the molecule is CN(c1nc2ccccc2s1)C1CCN(C(=O)COCC(=O)N2CCC(N(C)c3nc4ccccc4s3)CC2)CC1. The highest BCUT2D eigenvalue weighted by Crippen LogP contribution is 2.32. The lowest BCUT2D eigenvalue weighted by Crippen LogP contribution is -2.48. The maximum atomic E-state index is 12.8. The number of rotatable bonds is 8. The fraction of sp³-hybridized carbons (Fsp3) is 0.467. The van der Waals surface area contributed by atoms with E-state index in [0.29, 0.717) is 38.3 Å².